The van der Waals surface area contributed by atoms with Crippen LogP contribution >= 0.6 is 0 Å². The van der Waals surface area contributed by atoms with E-state index in [-0.39, 0.29) is 5.92 Å². The molecule has 1 saturated carbocycles. The van der Waals surface area contributed by atoms with Crippen LogP contribution in [0.15, 0.2) is 0 Å². The third kappa shape index (κ3) is 3.93. The van der Waals surface area contributed by atoms with Gasteiger partial charge in [0.25, 0.3) is 0 Å². The van der Waals surface area contributed by atoms with Gasteiger partial charge in [0.15, 0.2) is 0 Å². The van der Waals surface area contributed by atoms with E-state index in [9.17, 15) is 4.79 Å². The molecule has 0 spiro atoms. The van der Waals surface area contributed by atoms with E-state index in [0.29, 0.717) is 23.8 Å². The molecule has 2 aliphatic rings. The lowest BCUT2D eigenvalue weighted by Gasteiger charge is -2.35. The third-order valence-corrected chi connectivity index (χ3v) is 4.78. The van der Waals surface area contributed by atoms with Crippen molar-refractivity contribution < 1.29 is 9.53 Å². The molecule has 110 valence electrons. The molecule has 3 atom stereocenters. The van der Waals surface area contributed by atoms with Gasteiger partial charge in [0.05, 0.1) is 0 Å². The monoisotopic (exact) mass is 268 g/mol. The lowest BCUT2D eigenvalue weighted by molar-refractivity contribution is -0.138. The van der Waals surface area contributed by atoms with E-state index in [4.69, 9.17) is 10.5 Å². The summed E-state index contributed by atoms with van der Waals surface area (Å²) in [6.07, 6.45) is 5.11. The van der Waals surface area contributed by atoms with Gasteiger partial charge in [-0.15, -0.1) is 0 Å². The van der Waals surface area contributed by atoms with Gasteiger partial charge in [0.1, 0.15) is 0 Å². The van der Waals surface area contributed by atoms with Crippen LogP contribution in [0.5, 0.6) is 0 Å². The van der Waals surface area contributed by atoms with E-state index in [1.54, 1.807) is 0 Å². The Labute approximate surface area is 116 Å². The highest BCUT2D eigenvalue weighted by molar-refractivity contribution is 5.79. The number of carbonyl (C=O) groups is 1. The maximum atomic E-state index is 12.5. The number of hydrogen-bond acceptors (Lipinski definition) is 3. The maximum absolute atomic E-state index is 12.5. The van der Waals surface area contributed by atoms with Gasteiger partial charge < -0.3 is 15.4 Å². The van der Waals surface area contributed by atoms with Crippen molar-refractivity contribution in [2.75, 3.05) is 26.8 Å². The highest BCUT2D eigenvalue weighted by Gasteiger charge is 2.33. The van der Waals surface area contributed by atoms with E-state index in [2.05, 4.69) is 6.92 Å². The second kappa shape index (κ2) is 6.71. The Morgan fingerprint density at radius 2 is 1.95 bits per heavy atom. The molecule has 1 aliphatic carbocycles. The zero-order chi connectivity index (χ0) is 13.8. The summed E-state index contributed by atoms with van der Waals surface area (Å²) in [4.78, 5) is 14.5. The lowest BCUT2D eigenvalue weighted by Crippen LogP contribution is -2.43. The highest BCUT2D eigenvalue weighted by Crippen LogP contribution is 2.30. The SMILES string of the molecule is CC1CC(N)CCC1C(=O)N(C)CC1CCOCC1. The third-order valence-electron chi connectivity index (χ3n) is 4.78. The Balaban J connectivity index is 1.84. The molecule has 1 amide bonds. The fourth-order valence-electron chi connectivity index (χ4n) is 3.49. The van der Waals surface area contributed by atoms with Crippen molar-refractivity contribution >= 4 is 5.91 Å². The first-order valence-corrected chi connectivity index (χ1v) is 7.66. The van der Waals surface area contributed by atoms with E-state index in [1.807, 2.05) is 11.9 Å². The number of ether oxygens (including phenoxy) is 1. The molecule has 3 unspecified atom stereocenters. The van der Waals surface area contributed by atoms with E-state index >= 15 is 0 Å². The summed E-state index contributed by atoms with van der Waals surface area (Å²) in [6.45, 7) is 4.75. The van der Waals surface area contributed by atoms with Crippen molar-refractivity contribution in [2.45, 2.75) is 45.1 Å². The molecule has 2 rings (SSSR count). The minimum Gasteiger partial charge on any atom is -0.381 e. The zero-order valence-corrected chi connectivity index (χ0v) is 12.3. The van der Waals surface area contributed by atoms with Crippen molar-refractivity contribution in [2.24, 2.45) is 23.5 Å². The van der Waals surface area contributed by atoms with Crippen molar-refractivity contribution in [3.8, 4) is 0 Å². The standard InChI is InChI=1S/C15H28N2O2/c1-11-9-13(16)3-4-14(11)15(18)17(2)10-12-5-7-19-8-6-12/h11-14H,3-10,16H2,1-2H3. The van der Waals surface area contributed by atoms with Crippen molar-refractivity contribution in [1.29, 1.82) is 0 Å². The van der Waals surface area contributed by atoms with Crippen molar-refractivity contribution in [3.63, 3.8) is 0 Å². The molecule has 2 fully saturated rings. The number of carbonyl (C=O) groups excluding carboxylic acids is 1. The highest BCUT2D eigenvalue weighted by atomic mass is 16.5. The molecule has 1 heterocycles. The van der Waals surface area contributed by atoms with Crippen LogP contribution in [0, 0.1) is 17.8 Å². The van der Waals surface area contributed by atoms with Crippen LogP contribution in [0.25, 0.3) is 0 Å². The van der Waals surface area contributed by atoms with Gasteiger partial charge in [-0.1, -0.05) is 6.92 Å². The van der Waals surface area contributed by atoms with Crippen LogP contribution in [0.3, 0.4) is 0 Å². The van der Waals surface area contributed by atoms with Crippen LogP contribution in [0.4, 0.5) is 0 Å². The Morgan fingerprint density at radius 3 is 2.58 bits per heavy atom. The van der Waals surface area contributed by atoms with Gasteiger partial charge in [-0.05, 0) is 43.9 Å². The number of rotatable bonds is 3. The van der Waals surface area contributed by atoms with Gasteiger partial charge in [-0.3, -0.25) is 4.79 Å². The van der Waals surface area contributed by atoms with Crippen LogP contribution < -0.4 is 5.73 Å². The summed E-state index contributed by atoms with van der Waals surface area (Å²) in [7, 11) is 1.96. The van der Waals surface area contributed by atoms with E-state index < -0.39 is 0 Å². The van der Waals surface area contributed by atoms with Gasteiger partial charge in [-0.2, -0.15) is 0 Å². The normalized spacial score (nSPS) is 33.1. The van der Waals surface area contributed by atoms with E-state index in [1.165, 1.54) is 0 Å². The zero-order valence-electron chi connectivity index (χ0n) is 12.3. The number of amides is 1. The molecule has 0 aromatic carbocycles. The topological polar surface area (TPSA) is 55.6 Å². The second-order valence-corrected chi connectivity index (χ2v) is 6.43. The summed E-state index contributed by atoms with van der Waals surface area (Å²) in [5, 5.41) is 0. The Morgan fingerprint density at radius 1 is 1.26 bits per heavy atom. The van der Waals surface area contributed by atoms with Gasteiger partial charge in [-0.25, -0.2) is 0 Å². The molecule has 1 saturated heterocycles. The van der Waals surface area contributed by atoms with Crippen molar-refractivity contribution in [1.82, 2.24) is 4.90 Å². The van der Waals surface area contributed by atoms with Crippen LogP contribution in [-0.2, 0) is 9.53 Å². The van der Waals surface area contributed by atoms with E-state index in [0.717, 1.165) is 51.9 Å². The summed E-state index contributed by atoms with van der Waals surface area (Å²) in [5.41, 5.74) is 5.97. The minimum absolute atomic E-state index is 0.185. The average molecular weight is 268 g/mol. The Kier molecular flexibility index (Phi) is 5.22. The molecule has 0 bridgehead atoms. The van der Waals surface area contributed by atoms with Crippen LogP contribution in [0.2, 0.25) is 0 Å². The Hall–Kier alpha value is -0.610. The Bertz CT molecular complexity index is 303. The van der Waals surface area contributed by atoms with Crippen molar-refractivity contribution in [3.05, 3.63) is 0 Å². The molecule has 19 heavy (non-hydrogen) atoms. The lowest BCUT2D eigenvalue weighted by atomic mass is 9.77. The fraction of sp³-hybridized carbons (Fsp3) is 0.933. The summed E-state index contributed by atoms with van der Waals surface area (Å²) < 4.78 is 5.37. The largest absolute Gasteiger partial charge is 0.381 e. The van der Waals surface area contributed by atoms with Crippen LogP contribution in [0.1, 0.15) is 39.0 Å². The average Bonchev–Trinajstić information content (AvgIpc) is 2.39. The van der Waals surface area contributed by atoms with Gasteiger partial charge in [0.2, 0.25) is 5.91 Å². The first kappa shape index (κ1) is 14.8. The molecule has 4 heteroatoms. The van der Waals surface area contributed by atoms with Gasteiger partial charge >= 0.3 is 0 Å². The molecular weight excluding hydrogens is 240 g/mol. The number of nitrogens with zero attached hydrogens (tertiary/aromatic N) is 1. The number of nitrogens with two attached hydrogens (primary N) is 1. The van der Waals surface area contributed by atoms with Crippen LogP contribution in [-0.4, -0.2) is 43.7 Å². The minimum atomic E-state index is 0.185. The molecule has 0 aromatic heterocycles. The van der Waals surface area contributed by atoms with Gasteiger partial charge in [0, 0.05) is 38.8 Å². The smallest absolute Gasteiger partial charge is 0.225 e. The molecule has 2 N–H and O–H groups in total. The molecular formula is C15H28N2O2. The second-order valence-electron chi connectivity index (χ2n) is 6.43. The maximum Gasteiger partial charge on any atom is 0.225 e. The predicted molar refractivity (Wildman–Crippen MR) is 75.7 cm³/mol. The quantitative estimate of drug-likeness (QED) is 0.846. The first-order chi connectivity index (χ1) is 9.08. The summed E-state index contributed by atoms with van der Waals surface area (Å²) >= 11 is 0. The molecule has 4 nitrogen and oxygen atoms in total. The summed E-state index contributed by atoms with van der Waals surface area (Å²) in [5.74, 6) is 1.55. The predicted octanol–water partition coefficient (Wildman–Crippen LogP) is 1.63. The summed E-state index contributed by atoms with van der Waals surface area (Å²) in [6, 6.07) is 0.292. The fourth-order valence-corrected chi connectivity index (χ4v) is 3.49. The number of hydrogen-bond donors (Lipinski definition) is 1. The molecule has 1 aliphatic heterocycles. The molecule has 0 aromatic rings. The first-order valence-electron chi connectivity index (χ1n) is 7.66. The molecule has 0 radical (unpaired) electrons.